The summed E-state index contributed by atoms with van der Waals surface area (Å²) in [5.74, 6) is 0.848. The molecule has 3 aromatic carbocycles. The molecule has 0 heterocycles. The molecular formula is C26H26ClNO5. The van der Waals surface area contributed by atoms with Gasteiger partial charge in [0.1, 0.15) is 17.2 Å². The highest BCUT2D eigenvalue weighted by atomic mass is 35.5. The van der Waals surface area contributed by atoms with Gasteiger partial charge in [-0.15, -0.1) is 0 Å². The maximum atomic E-state index is 10.6. The second kappa shape index (κ2) is 10.7. The Morgan fingerprint density at radius 2 is 1.79 bits per heavy atom. The lowest BCUT2D eigenvalue weighted by Crippen LogP contribution is -2.37. The summed E-state index contributed by atoms with van der Waals surface area (Å²) >= 11 is 6.03. The fourth-order valence-electron chi connectivity index (χ4n) is 3.97. The van der Waals surface area contributed by atoms with Crippen molar-refractivity contribution in [1.82, 2.24) is 5.32 Å². The third kappa shape index (κ3) is 6.48. The molecular weight excluding hydrogens is 442 g/mol. The van der Waals surface area contributed by atoms with Gasteiger partial charge in [0.2, 0.25) is 0 Å². The molecule has 0 unspecified atom stereocenters. The number of halogens is 1. The van der Waals surface area contributed by atoms with E-state index in [4.69, 9.17) is 26.2 Å². The number of aliphatic carboxylic acids is 1. The van der Waals surface area contributed by atoms with Gasteiger partial charge in [-0.3, -0.25) is 0 Å². The number of ether oxygens (including phenoxy) is 2. The molecule has 33 heavy (non-hydrogen) atoms. The molecule has 1 aliphatic carbocycles. The minimum atomic E-state index is -1.02. The molecule has 0 aromatic heterocycles. The summed E-state index contributed by atoms with van der Waals surface area (Å²) in [6, 6.07) is 20.6. The average molecular weight is 468 g/mol. The Morgan fingerprint density at radius 1 is 1.03 bits per heavy atom. The van der Waals surface area contributed by atoms with Gasteiger partial charge in [0.25, 0.3) is 0 Å². The quantitative estimate of drug-likeness (QED) is 0.420. The Labute approximate surface area is 197 Å². The second-order valence-corrected chi connectivity index (χ2v) is 8.54. The minimum absolute atomic E-state index is 0.271. The molecule has 7 heteroatoms. The molecule has 6 nitrogen and oxygen atoms in total. The maximum Gasteiger partial charge on any atom is 0.341 e. The van der Waals surface area contributed by atoms with Gasteiger partial charge in [0.05, 0.1) is 6.10 Å². The largest absolute Gasteiger partial charge is 0.482 e. The molecule has 0 amide bonds. The predicted molar refractivity (Wildman–Crippen MR) is 126 cm³/mol. The van der Waals surface area contributed by atoms with E-state index >= 15 is 0 Å². The van der Waals surface area contributed by atoms with Crippen LogP contribution in [-0.4, -0.2) is 35.4 Å². The fourth-order valence-corrected chi connectivity index (χ4v) is 4.16. The van der Waals surface area contributed by atoms with Crippen LogP contribution in [0, 0.1) is 0 Å². The van der Waals surface area contributed by atoms with Crippen LogP contribution in [0.4, 0.5) is 0 Å². The zero-order valence-electron chi connectivity index (χ0n) is 18.0. The van der Waals surface area contributed by atoms with E-state index in [9.17, 15) is 9.90 Å². The average Bonchev–Trinajstić information content (AvgIpc) is 2.82. The highest BCUT2D eigenvalue weighted by Crippen LogP contribution is 2.29. The molecule has 0 saturated heterocycles. The lowest BCUT2D eigenvalue weighted by Gasteiger charge is -2.27. The smallest absolute Gasteiger partial charge is 0.341 e. The molecule has 3 aromatic rings. The molecule has 0 bridgehead atoms. The second-order valence-electron chi connectivity index (χ2n) is 8.11. The number of carboxylic acids is 1. The molecule has 0 radical (unpaired) electrons. The van der Waals surface area contributed by atoms with Crippen molar-refractivity contribution < 1.29 is 24.5 Å². The van der Waals surface area contributed by atoms with E-state index in [0.717, 1.165) is 30.6 Å². The lowest BCUT2D eigenvalue weighted by atomic mass is 9.88. The number of rotatable bonds is 9. The van der Waals surface area contributed by atoms with E-state index in [2.05, 4.69) is 17.4 Å². The van der Waals surface area contributed by atoms with E-state index in [0.29, 0.717) is 23.1 Å². The van der Waals surface area contributed by atoms with Gasteiger partial charge in [-0.2, -0.15) is 0 Å². The van der Waals surface area contributed by atoms with Crippen LogP contribution in [0.15, 0.2) is 66.7 Å². The number of carboxylic acid groups (broad SMARTS) is 1. The number of hydrogen-bond donors (Lipinski definition) is 3. The van der Waals surface area contributed by atoms with Crippen LogP contribution in [0.1, 0.15) is 29.2 Å². The minimum Gasteiger partial charge on any atom is -0.482 e. The van der Waals surface area contributed by atoms with Crippen molar-refractivity contribution in [3.8, 4) is 17.2 Å². The summed E-state index contributed by atoms with van der Waals surface area (Å²) in [7, 11) is 0. The summed E-state index contributed by atoms with van der Waals surface area (Å²) in [6.45, 7) is 0.0865. The predicted octanol–water partition coefficient (Wildman–Crippen LogP) is 4.78. The van der Waals surface area contributed by atoms with Gasteiger partial charge in [0.15, 0.2) is 6.61 Å². The van der Waals surface area contributed by atoms with E-state index in [-0.39, 0.29) is 12.6 Å². The normalized spacial score (nSPS) is 16.0. The molecule has 0 fully saturated rings. The molecule has 3 N–H and O–H groups in total. The Bertz CT molecular complexity index is 1100. The highest BCUT2D eigenvalue weighted by Gasteiger charge is 2.20. The highest BCUT2D eigenvalue weighted by molar-refractivity contribution is 6.30. The molecule has 2 atom stereocenters. The van der Waals surface area contributed by atoms with Gasteiger partial charge < -0.3 is 25.0 Å². The number of carbonyl (C=O) groups is 1. The third-order valence-electron chi connectivity index (χ3n) is 5.66. The number of aryl methyl sites for hydroxylation is 1. The molecule has 0 spiro atoms. The number of fused-ring (bicyclic) bond motifs is 1. The van der Waals surface area contributed by atoms with E-state index in [1.54, 1.807) is 36.4 Å². The van der Waals surface area contributed by atoms with Crippen LogP contribution in [-0.2, 0) is 17.6 Å². The van der Waals surface area contributed by atoms with Crippen LogP contribution < -0.4 is 14.8 Å². The van der Waals surface area contributed by atoms with Gasteiger partial charge in [0, 0.05) is 17.6 Å². The molecule has 172 valence electrons. The zero-order chi connectivity index (χ0) is 23.2. The third-order valence-corrected chi connectivity index (χ3v) is 5.90. The monoisotopic (exact) mass is 467 g/mol. The molecule has 1 aliphatic rings. The summed E-state index contributed by atoms with van der Waals surface area (Å²) in [6.07, 6.45) is 2.22. The van der Waals surface area contributed by atoms with Gasteiger partial charge in [-0.25, -0.2) is 4.79 Å². The number of nitrogens with one attached hydrogen (secondary N) is 1. The number of aliphatic hydroxyl groups is 1. The summed E-state index contributed by atoms with van der Waals surface area (Å²) < 4.78 is 11.1. The topological polar surface area (TPSA) is 88.0 Å². The van der Waals surface area contributed by atoms with E-state index in [1.807, 2.05) is 18.2 Å². The van der Waals surface area contributed by atoms with Gasteiger partial charge in [-0.1, -0.05) is 29.8 Å². The van der Waals surface area contributed by atoms with Crippen molar-refractivity contribution >= 4 is 17.6 Å². The van der Waals surface area contributed by atoms with Crippen molar-refractivity contribution in [2.24, 2.45) is 0 Å². The van der Waals surface area contributed by atoms with E-state index < -0.39 is 12.1 Å². The van der Waals surface area contributed by atoms with Crippen molar-refractivity contribution in [3.63, 3.8) is 0 Å². The number of hydrogen-bond acceptors (Lipinski definition) is 5. The van der Waals surface area contributed by atoms with Crippen LogP contribution >= 0.6 is 11.6 Å². The lowest BCUT2D eigenvalue weighted by molar-refractivity contribution is -0.139. The fraction of sp³-hybridized carbons (Fsp3) is 0.269. The zero-order valence-corrected chi connectivity index (χ0v) is 18.8. The maximum absolute atomic E-state index is 10.6. The first-order valence-electron chi connectivity index (χ1n) is 10.9. The molecule has 4 rings (SSSR count). The Kier molecular flexibility index (Phi) is 7.50. The number of benzene rings is 3. The standard InChI is InChI=1S/C26H26ClNO5/c27-20-3-1-2-18(12-20)25(29)15-28-21-6-4-17-5-7-24(14-19(17)13-21)33-23-10-8-22(9-11-23)32-16-26(30)31/h1-3,5,7-12,14,21,25,28-29H,4,6,13,15-16H2,(H,30,31)/t21-,25+/m0/s1. The number of aliphatic hydroxyl groups excluding tert-OH is 1. The van der Waals surface area contributed by atoms with Crippen molar-refractivity contribution in [1.29, 1.82) is 0 Å². The Balaban J connectivity index is 1.34. The Morgan fingerprint density at radius 3 is 2.55 bits per heavy atom. The van der Waals surface area contributed by atoms with Crippen molar-refractivity contribution in [2.75, 3.05) is 13.2 Å². The first-order chi connectivity index (χ1) is 16.0. The van der Waals surface area contributed by atoms with Gasteiger partial charge >= 0.3 is 5.97 Å². The van der Waals surface area contributed by atoms with Crippen LogP contribution in [0.2, 0.25) is 5.02 Å². The SMILES string of the molecule is O=C(O)COc1ccc(Oc2ccc3c(c2)C[C@@H](NC[C@@H](O)c2cccc(Cl)c2)CC3)cc1. The van der Waals surface area contributed by atoms with E-state index in [1.165, 1.54) is 11.1 Å². The van der Waals surface area contributed by atoms with Crippen LogP contribution in [0.5, 0.6) is 17.2 Å². The molecule has 0 aliphatic heterocycles. The van der Waals surface area contributed by atoms with Crippen molar-refractivity contribution in [3.05, 3.63) is 88.4 Å². The van der Waals surface area contributed by atoms with Crippen molar-refractivity contribution in [2.45, 2.75) is 31.4 Å². The van der Waals surface area contributed by atoms with Gasteiger partial charge in [-0.05, 0) is 84.5 Å². The summed E-state index contributed by atoms with van der Waals surface area (Å²) in [4.78, 5) is 10.6. The summed E-state index contributed by atoms with van der Waals surface area (Å²) in [5.41, 5.74) is 3.35. The van der Waals surface area contributed by atoms with Crippen LogP contribution in [0.25, 0.3) is 0 Å². The van der Waals surface area contributed by atoms with Crippen LogP contribution in [0.3, 0.4) is 0 Å². The first-order valence-corrected chi connectivity index (χ1v) is 11.3. The summed E-state index contributed by atoms with van der Waals surface area (Å²) in [5, 5.41) is 23.3. The molecule has 0 saturated carbocycles. The first kappa shape index (κ1) is 23.1. The Hall–Kier alpha value is -3.06.